The monoisotopic (exact) mass is 372 g/mol. The quantitative estimate of drug-likeness (QED) is 0.418. The van der Waals surface area contributed by atoms with Crippen molar-refractivity contribution < 1.29 is 14.3 Å². The van der Waals surface area contributed by atoms with E-state index < -0.39 is 0 Å². The molecule has 0 bridgehead atoms. The van der Waals surface area contributed by atoms with Crippen LogP contribution in [0.5, 0.6) is 0 Å². The summed E-state index contributed by atoms with van der Waals surface area (Å²) in [5.74, 6) is -0.0498. The van der Waals surface area contributed by atoms with Gasteiger partial charge in [0.25, 0.3) is 5.91 Å². The van der Waals surface area contributed by atoms with Crippen molar-refractivity contribution in [2.45, 2.75) is 11.3 Å². The molecule has 0 unspecified atom stereocenters. The molecule has 0 aliphatic carbocycles. The molecule has 2 heterocycles. The highest BCUT2D eigenvalue weighted by Gasteiger charge is 2.13. The van der Waals surface area contributed by atoms with Crippen molar-refractivity contribution in [3.8, 4) is 0 Å². The van der Waals surface area contributed by atoms with Crippen LogP contribution < -0.4 is 10.6 Å². The van der Waals surface area contributed by atoms with E-state index >= 15 is 0 Å². The molecule has 7 nitrogen and oxygen atoms in total. The lowest BCUT2D eigenvalue weighted by Crippen LogP contribution is -2.28. The van der Waals surface area contributed by atoms with Gasteiger partial charge < -0.3 is 10.1 Å². The molecule has 10 heteroatoms. The molecule has 0 aromatic carbocycles. The lowest BCUT2D eigenvalue weighted by molar-refractivity contribution is -0.118. The van der Waals surface area contributed by atoms with Crippen molar-refractivity contribution >= 4 is 51.4 Å². The summed E-state index contributed by atoms with van der Waals surface area (Å²) in [6.45, 7) is 2.89. The predicted molar refractivity (Wildman–Crippen MR) is 92.5 cm³/mol. The Kier molecular flexibility index (Phi) is 6.96. The van der Waals surface area contributed by atoms with Crippen molar-refractivity contribution in [1.82, 2.24) is 15.5 Å². The van der Waals surface area contributed by atoms with Crippen LogP contribution in [0, 0.1) is 6.92 Å². The van der Waals surface area contributed by atoms with Gasteiger partial charge in [-0.15, -0.1) is 21.5 Å². The fourth-order valence-electron chi connectivity index (χ4n) is 1.50. The highest BCUT2D eigenvalue weighted by Crippen LogP contribution is 2.26. The number of thiophene rings is 1. The molecule has 0 atom stereocenters. The number of anilines is 1. The number of thioether (sulfide) groups is 1. The Hall–Kier alpha value is -1.49. The maximum absolute atomic E-state index is 12.0. The molecular formula is C13H16N4O3S3. The highest BCUT2D eigenvalue weighted by atomic mass is 32.2. The van der Waals surface area contributed by atoms with E-state index in [0.717, 1.165) is 5.56 Å². The number of nitrogens with zero attached hydrogens (tertiary/aromatic N) is 2. The zero-order valence-electron chi connectivity index (χ0n) is 12.6. The number of hydrogen-bond acceptors (Lipinski definition) is 8. The zero-order valence-corrected chi connectivity index (χ0v) is 15.1. The molecule has 0 aliphatic rings. The summed E-state index contributed by atoms with van der Waals surface area (Å²) >= 11 is 3.90. The number of amides is 2. The van der Waals surface area contributed by atoms with Gasteiger partial charge in [-0.3, -0.25) is 14.9 Å². The molecule has 2 aromatic rings. The number of ether oxygens (including phenoxy) is 1. The molecule has 2 aromatic heterocycles. The fourth-order valence-corrected chi connectivity index (χ4v) is 3.87. The van der Waals surface area contributed by atoms with E-state index in [1.165, 1.54) is 34.4 Å². The van der Waals surface area contributed by atoms with Gasteiger partial charge in [-0.1, -0.05) is 23.1 Å². The molecule has 23 heavy (non-hydrogen) atoms. The maximum Gasteiger partial charge on any atom is 0.267 e. The van der Waals surface area contributed by atoms with Crippen molar-refractivity contribution in [2.75, 3.05) is 31.3 Å². The molecule has 0 radical (unpaired) electrons. The van der Waals surface area contributed by atoms with Crippen molar-refractivity contribution in [3.05, 3.63) is 21.9 Å². The van der Waals surface area contributed by atoms with E-state index in [0.29, 0.717) is 27.5 Å². The van der Waals surface area contributed by atoms with E-state index in [2.05, 4.69) is 20.8 Å². The minimum atomic E-state index is -0.201. The summed E-state index contributed by atoms with van der Waals surface area (Å²) < 4.78 is 5.48. The molecule has 124 valence electrons. The van der Waals surface area contributed by atoms with Crippen LogP contribution in [0.25, 0.3) is 0 Å². The summed E-state index contributed by atoms with van der Waals surface area (Å²) in [6, 6.07) is 1.82. The fraction of sp³-hybridized carbons (Fsp3) is 0.385. The number of carbonyl (C=O) groups is 2. The molecule has 2 amide bonds. The van der Waals surface area contributed by atoms with Crippen molar-refractivity contribution in [1.29, 1.82) is 0 Å². The minimum absolute atomic E-state index is 0.0955. The second-order valence-electron chi connectivity index (χ2n) is 4.45. The molecule has 0 saturated carbocycles. The highest BCUT2D eigenvalue weighted by molar-refractivity contribution is 8.01. The van der Waals surface area contributed by atoms with E-state index in [1.54, 1.807) is 7.11 Å². The molecule has 2 rings (SSSR count). The van der Waals surface area contributed by atoms with Crippen LogP contribution in [-0.4, -0.2) is 48.0 Å². The van der Waals surface area contributed by atoms with Gasteiger partial charge >= 0.3 is 0 Å². The number of hydrogen-bond donors (Lipinski definition) is 2. The normalized spacial score (nSPS) is 10.5. The van der Waals surface area contributed by atoms with E-state index in [9.17, 15) is 9.59 Å². The van der Waals surface area contributed by atoms with Crippen LogP contribution in [0.3, 0.4) is 0 Å². The van der Waals surface area contributed by atoms with Crippen molar-refractivity contribution in [3.63, 3.8) is 0 Å². The average molecular weight is 372 g/mol. The van der Waals surface area contributed by atoms with E-state index in [1.807, 2.05) is 18.4 Å². The summed E-state index contributed by atoms with van der Waals surface area (Å²) in [6.07, 6.45) is 0. The van der Waals surface area contributed by atoms with Crippen LogP contribution in [-0.2, 0) is 9.53 Å². The lowest BCUT2D eigenvalue weighted by Gasteiger charge is -2.02. The zero-order chi connectivity index (χ0) is 16.7. The average Bonchev–Trinajstić information content (AvgIpc) is 3.14. The Balaban J connectivity index is 1.79. The molecule has 0 aliphatic heterocycles. The van der Waals surface area contributed by atoms with Crippen LogP contribution in [0.4, 0.5) is 5.13 Å². The molecule has 2 N–H and O–H groups in total. The third-order valence-electron chi connectivity index (χ3n) is 2.54. The van der Waals surface area contributed by atoms with Gasteiger partial charge in [-0.25, -0.2) is 0 Å². The Morgan fingerprint density at radius 2 is 2.22 bits per heavy atom. The van der Waals surface area contributed by atoms with Gasteiger partial charge in [0.1, 0.15) is 0 Å². The molecular weight excluding hydrogens is 356 g/mol. The first-order chi connectivity index (χ1) is 11.1. The lowest BCUT2D eigenvalue weighted by atomic mass is 10.3. The maximum atomic E-state index is 12.0. The van der Waals surface area contributed by atoms with Gasteiger partial charge in [0.05, 0.1) is 17.2 Å². The second-order valence-corrected chi connectivity index (χ2v) is 7.56. The van der Waals surface area contributed by atoms with Gasteiger partial charge in [0.15, 0.2) is 4.34 Å². The Morgan fingerprint density at radius 3 is 2.91 bits per heavy atom. The van der Waals surface area contributed by atoms with Gasteiger partial charge in [-0.05, 0) is 23.9 Å². The van der Waals surface area contributed by atoms with Gasteiger partial charge in [0.2, 0.25) is 11.0 Å². The third-order valence-corrected chi connectivity index (χ3v) is 5.56. The van der Waals surface area contributed by atoms with Gasteiger partial charge in [-0.2, -0.15) is 0 Å². The van der Waals surface area contributed by atoms with Crippen LogP contribution in [0.15, 0.2) is 15.8 Å². The Bertz CT molecular complexity index is 671. The first-order valence-electron chi connectivity index (χ1n) is 6.67. The minimum Gasteiger partial charge on any atom is -0.383 e. The number of carbonyl (C=O) groups excluding carboxylic acids is 2. The van der Waals surface area contributed by atoms with E-state index in [4.69, 9.17) is 4.74 Å². The molecule has 0 saturated heterocycles. The standard InChI is InChI=1S/C13H16N4O3S3/c1-8-5-9(21-6-8)11(19)15-12-16-17-13(23-12)22-7-10(18)14-3-4-20-2/h5-6H,3-4,7H2,1-2H3,(H,14,18)(H,15,16,19). The third kappa shape index (κ3) is 5.90. The molecule has 0 fully saturated rings. The summed E-state index contributed by atoms with van der Waals surface area (Å²) in [4.78, 5) is 24.2. The number of aromatic nitrogens is 2. The topological polar surface area (TPSA) is 93.2 Å². The number of nitrogens with one attached hydrogen (secondary N) is 2. The number of rotatable bonds is 8. The summed E-state index contributed by atoms with van der Waals surface area (Å²) in [5, 5.41) is 15.6. The van der Waals surface area contributed by atoms with Crippen LogP contribution in [0.2, 0.25) is 0 Å². The Labute approximate surface area is 145 Å². The summed E-state index contributed by atoms with van der Waals surface area (Å²) in [5.41, 5.74) is 1.05. The van der Waals surface area contributed by atoms with Crippen LogP contribution >= 0.6 is 34.4 Å². The Morgan fingerprint density at radius 1 is 1.39 bits per heavy atom. The first-order valence-corrected chi connectivity index (χ1v) is 9.35. The largest absolute Gasteiger partial charge is 0.383 e. The van der Waals surface area contributed by atoms with Gasteiger partial charge in [0, 0.05) is 13.7 Å². The second kappa shape index (κ2) is 8.96. The SMILES string of the molecule is COCCNC(=O)CSc1nnc(NC(=O)c2cc(C)cs2)s1. The summed E-state index contributed by atoms with van der Waals surface area (Å²) in [7, 11) is 1.58. The number of methoxy groups -OCH3 is 1. The van der Waals surface area contributed by atoms with Crippen molar-refractivity contribution in [2.24, 2.45) is 0 Å². The van der Waals surface area contributed by atoms with Crippen LogP contribution in [0.1, 0.15) is 15.2 Å². The number of aryl methyl sites for hydroxylation is 1. The predicted octanol–water partition coefficient (Wildman–Crippen LogP) is 2.02. The molecule has 0 spiro atoms. The smallest absolute Gasteiger partial charge is 0.267 e. The van der Waals surface area contributed by atoms with E-state index in [-0.39, 0.29) is 17.6 Å². The first kappa shape index (κ1) is 17.9.